The first-order chi connectivity index (χ1) is 8.20. The molecule has 0 spiro atoms. The van der Waals surface area contributed by atoms with Gasteiger partial charge in [0.2, 0.25) is 0 Å². The molecule has 0 radical (unpaired) electrons. The van der Waals surface area contributed by atoms with Crippen molar-refractivity contribution in [2.24, 2.45) is 0 Å². The predicted octanol–water partition coefficient (Wildman–Crippen LogP) is 1.98. The molecule has 0 unspecified atom stereocenters. The minimum Gasteiger partial charge on any atom is -0.477 e. The molecule has 1 fully saturated rings. The lowest BCUT2D eigenvalue weighted by Gasteiger charge is -2.35. The predicted molar refractivity (Wildman–Crippen MR) is 70.2 cm³/mol. The van der Waals surface area contributed by atoms with Crippen molar-refractivity contribution in [3.8, 4) is 0 Å². The van der Waals surface area contributed by atoms with E-state index in [0.717, 1.165) is 38.4 Å². The number of carboxylic acids is 1. The van der Waals surface area contributed by atoms with E-state index in [9.17, 15) is 4.79 Å². The molecule has 0 amide bonds. The van der Waals surface area contributed by atoms with Crippen molar-refractivity contribution in [3.63, 3.8) is 0 Å². The highest BCUT2D eigenvalue weighted by Crippen LogP contribution is 2.24. The van der Waals surface area contributed by atoms with Gasteiger partial charge in [-0.15, -0.1) is 11.3 Å². The molecule has 1 aliphatic rings. The summed E-state index contributed by atoms with van der Waals surface area (Å²) in [6.07, 6.45) is 1.20. The van der Waals surface area contributed by atoms with Crippen LogP contribution in [0.15, 0.2) is 11.4 Å². The van der Waals surface area contributed by atoms with Gasteiger partial charge in [-0.25, -0.2) is 4.79 Å². The topological polar surface area (TPSA) is 43.8 Å². The van der Waals surface area contributed by atoms with Crippen LogP contribution in [0.4, 0.5) is 5.69 Å². The first kappa shape index (κ1) is 12.4. The molecule has 94 valence electrons. The van der Waals surface area contributed by atoms with Gasteiger partial charge in [-0.2, -0.15) is 0 Å². The van der Waals surface area contributed by atoms with Gasteiger partial charge in [0.15, 0.2) is 0 Å². The van der Waals surface area contributed by atoms with E-state index in [4.69, 9.17) is 5.11 Å². The van der Waals surface area contributed by atoms with Gasteiger partial charge in [0, 0.05) is 37.2 Å². The molecule has 0 atom stereocenters. The molecular weight excluding hydrogens is 236 g/mol. The molecule has 0 bridgehead atoms. The summed E-state index contributed by atoms with van der Waals surface area (Å²) in [7, 11) is 0. The Morgan fingerprint density at radius 3 is 2.65 bits per heavy atom. The van der Waals surface area contributed by atoms with Crippen LogP contribution in [-0.4, -0.2) is 48.7 Å². The molecule has 5 heteroatoms. The van der Waals surface area contributed by atoms with Gasteiger partial charge in [0.05, 0.1) is 0 Å². The normalized spacial score (nSPS) is 17.4. The van der Waals surface area contributed by atoms with E-state index >= 15 is 0 Å². The molecule has 1 aromatic rings. The Hall–Kier alpha value is -1.07. The van der Waals surface area contributed by atoms with Gasteiger partial charge in [0.1, 0.15) is 4.88 Å². The Morgan fingerprint density at radius 2 is 2.12 bits per heavy atom. The fourth-order valence-corrected chi connectivity index (χ4v) is 2.90. The number of rotatable bonds is 4. The third kappa shape index (κ3) is 2.98. The Balaban J connectivity index is 1.93. The highest BCUT2D eigenvalue weighted by Gasteiger charge is 2.18. The number of carboxylic acid groups (broad SMARTS) is 1. The van der Waals surface area contributed by atoms with Crippen LogP contribution in [0.5, 0.6) is 0 Å². The number of aromatic carboxylic acids is 1. The second-order valence-electron chi connectivity index (χ2n) is 4.30. The lowest BCUT2D eigenvalue weighted by Crippen LogP contribution is -2.46. The third-order valence-electron chi connectivity index (χ3n) is 3.07. The second kappa shape index (κ2) is 5.51. The van der Waals surface area contributed by atoms with Crippen LogP contribution in [0.3, 0.4) is 0 Å². The smallest absolute Gasteiger partial charge is 0.345 e. The summed E-state index contributed by atoms with van der Waals surface area (Å²) in [6.45, 7) is 7.51. The van der Waals surface area contributed by atoms with Gasteiger partial charge in [-0.05, 0) is 19.0 Å². The number of piperazine rings is 1. The van der Waals surface area contributed by atoms with Crippen molar-refractivity contribution in [1.82, 2.24) is 4.90 Å². The van der Waals surface area contributed by atoms with Gasteiger partial charge in [-0.3, -0.25) is 4.90 Å². The highest BCUT2D eigenvalue weighted by molar-refractivity contribution is 7.12. The van der Waals surface area contributed by atoms with E-state index in [2.05, 4.69) is 16.7 Å². The lowest BCUT2D eigenvalue weighted by molar-refractivity contribution is 0.0702. The van der Waals surface area contributed by atoms with Crippen LogP contribution in [-0.2, 0) is 0 Å². The van der Waals surface area contributed by atoms with E-state index in [-0.39, 0.29) is 0 Å². The maximum atomic E-state index is 10.8. The van der Waals surface area contributed by atoms with Gasteiger partial charge >= 0.3 is 5.97 Å². The molecule has 1 aromatic heterocycles. The average Bonchev–Trinajstić information content (AvgIpc) is 2.80. The van der Waals surface area contributed by atoms with Crippen molar-refractivity contribution < 1.29 is 9.90 Å². The summed E-state index contributed by atoms with van der Waals surface area (Å²) < 4.78 is 0. The molecule has 1 saturated heterocycles. The fourth-order valence-electron chi connectivity index (χ4n) is 2.15. The Bertz CT molecular complexity index is 384. The van der Waals surface area contributed by atoms with E-state index in [1.807, 2.05) is 5.38 Å². The molecule has 0 aliphatic carbocycles. The molecule has 17 heavy (non-hydrogen) atoms. The number of hydrogen-bond donors (Lipinski definition) is 1. The van der Waals surface area contributed by atoms with E-state index < -0.39 is 5.97 Å². The molecule has 1 aliphatic heterocycles. The Kier molecular flexibility index (Phi) is 4.02. The first-order valence-corrected chi connectivity index (χ1v) is 6.88. The van der Waals surface area contributed by atoms with Crippen LogP contribution in [0.2, 0.25) is 0 Å². The SMILES string of the molecule is CCCN1CCN(c2csc(C(=O)O)c2)CC1. The van der Waals surface area contributed by atoms with Crippen LogP contribution in [0, 0.1) is 0 Å². The number of anilines is 1. The zero-order valence-corrected chi connectivity index (χ0v) is 10.9. The van der Waals surface area contributed by atoms with Gasteiger partial charge < -0.3 is 10.0 Å². The number of hydrogen-bond acceptors (Lipinski definition) is 4. The van der Waals surface area contributed by atoms with Crippen molar-refractivity contribution in [3.05, 3.63) is 16.3 Å². The summed E-state index contributed by atoms with van der Waals surface area (Å²) in [4.78, 5) is 16.0. The van der Waals surface area contributed by atoms with Gasteiger partial charge in [-0.1, -0.05) is 6.92 Å². The minimum atomic E-state index is -0.828. The summed E-state index contributed by atoms with van der Waals surface area (Å²) >= 11 is 1.31. The molecule has 1 N–H and O–H groups in total. The summed E-state index contributed by atoms with van der Waals surface area (Å²) in [5.41, 5.74) is 1.06. The molecule has 2 heterocycles. The van der Waals surface area contributed by atoms with E-state index in [1.54, 1.807) is 6.07 Å². The zero-order valence-electron chi connectivity index (χ0n) is 10.1. The van der Waals surface area contributed by atoms with Crippen LogP contribution in [0.25, 0.3) is 0 Å². The van der Waals surface area contributed by atoms with Gasteiger partial charge in [0.25, 0.3) is 0 Å². The standard InChI is InChI=1S/C12H18N2O2S/c1-2-3-13-4-6-14(7-5-13)10-8-11(12(15)16)17-9-10/h8-9H,2-7H2,1H3,(H,15,16). The maximum absolute atomic E-state index is 10.8. The number of thiophene rings is 1. The zero-order chi connectivity index (χ0) is 12.3. The molecule has 2 rings (SSSR count). The molecule has 4 nitrogen and oxygen atoms in total. The van der Waals surface area contributed by atoms with E-state index in [0.29, 0.717) is 4.88 Å². The Labute approximate surface area is 105 Å². The highest BCUT2D eigenvalue weighted by atomic mass is 32.1. The van der Waals surface area contributed by atoms with Crippen molar-refractivity contribution in [1.29, 1.82) is 0 Å². The number of nitrogens with zero attached hydrogens (tertiary/aromatic N) is 2. The fraction of sp³-hybridized carbons (Fsp3) is 0.583. The maximum Gasteiger partial charge on any atom is 0.345 e. The lowest BCUT2D eigenvalue weighted by atomic mass is 10.2. The minimum absolute atomic E-state index is 0.427. The molecule has 0 saturated carbocycles. The summed E-state index contributed by atoms with van der Waals surface area (Å²) in [5, 5.41) is 10.8. The summed E-state index contributed by atoms with van der Waals surface area (Å²) in [5.74, 6) is -0.828. The third-order valence-corrected chi connectivity index (χ3v) is 3.98. The van der Waals surface area contributed by atoms with Crippen molar-refractivity contribution >= 4 is 23.0 Å². The van der Waals surface area contributed by atoms with Crippen LogP contribution in [0.1, 0.15) is 23.0 Å². The summed E-state index contributed by atoms with van der Waals surface area (Å²) in [6, 6.07) is 1.78. The van der Waals surface area contributed by atoms with Crippen molar-refractivity contribution in [2.45, 2.75) is 13.3 Å². The molecular formula is C12H18N2O2S. The second-order valence-corrected chi connectivity index (χ2v) is 5.21. The average molecular weight is 254 g/mol. The van der Waals surface area contributed by atoms with E-state index in [1.165, 1.54) is 17.8 Å². The number of carbonyl (C=O) groups is 1. The Morgan fingerprint density at radius 1 is 1.41 bits per heavy atom. The quantitative estimate of drug-likeness (QED) is 0.892. The monoisotopic (exact) mass is 254 g/mol. The first-order valence-electron chi connectivity index (χ1n) is 6.00. The van der Waals surface area contributed by atoms with Crippen LogP contribution >= 0.6 is 11.3 Å². The van der Waals surface area contributed by atoms with Crippen LogP contribution < -0.4 is 4.90 Å². The van der Waals surface area contributed by atoms with Crippen molar-refractivity contribution in [2.75, 3.05) is 37.6 Å². The molecule has 0 aromatic carbocycles. The largest absolute Gasteiger partial charge is 0.477 e.